The maximum absolute atomic E-state index is 4.18. The summed E-state index contributed by atoms with van der Waals surface area (Å²) < 4.78 is 0. The van der Waals surface area contributed by atoms with Gasteiger partial charge in [-0.1, -0.05) is 68.9 Å². The van der Waals surface area contributed by atoms with E-state index < -0.39 is 0 Å². The maximum Gasteiger partial charge on any atom is 0.0916 e. The van der Waals surface area contributed by atoms with Gasteiger partial charge in [-0.05, 0) is 36.0 Å². The molecular formula is C19H40N2. The zero-order chi connectivity index (χ0) is 17.1. The van der Waals surface area contributed by atoms with E-state index in [0.717, 1.165) is 12.2 Å². The van der Waals surface area contributed by atoms with Crippen molar-refractivity contribution in [2.24, 2.45) is 16.2 Å². The topological polar surface area (TPSA) is 24.1 Å². The van der Waals surface area contributed by atoms with Crippen molar-refractivity contribution in [2.45, 2.75) is 94.2 Å². The van der Waals surface area contributed by atoms with Crippen LogP contribution < -0.4 is 10.6 Å². The monoisotopic (exact) mass is 296 g/mol. The summed E-state index contributed by atoms with van der Waals surface area (Å²) in [4.78, 5) is 0. The van der Waals surface area contributed by atoms with Gasteiger partial charge in [-0.25, -0.2) is 0 Å². The molecule has 0 aromatic carbocycles. The average molecular weight is 297 g/mol. The van der Waals surface area contributed by atoms with E-state index in [9.17, 15) is 0 Å². The molecule has 0 radical (unpaired) electrons. The minimum atomic E-state index is 0.223. The molecular weight excluding hydrogens is 256 g/mol. The Bertz CT molecular complexity index is 323. The second-order valence-corrected chi connectivity index (χ2v) is 9.87. The summed E-state index contributed by atoms with van der Waals surface area (Å²) in [5, 5.41) is 7.14. The van der Waals surface area contributed by atoms with E-state index in [4.69, 9.17) is 0 Å². The van der Waals surface area contributed by atoms with E-state index in [-0.39, 0.29) is 10.8 Å². The summed E-state index contributed by atoms with van der Waals surface area (Å²) in [5.41, 5.74) is 0.826. The molecule has 0 aliphatic rings. The Balaban J connectivity index is 4.65. The summed E-state index contributed by atoms with van der Waals surface area (Å²) >= 11 is 0. The molecule has 0 heterocycles. The van der Waals surface area contributed by atoms with Gasteiger partial charge >= 0.3 is 0 Å². The molecule has 0 saturated heterocycles. The van der Waals surface area contributed by atoms with Gasteiger partial charge in [0, 0.05) is 12.1 Å². The van der Waals surface area contributed by atoms with Crippen LogP contribution in [0.25, 0.3) is 0 Å². The van der Waals surface area contributed by atoms with Crippen molar-refractivity contribution < 1.29 is 0 Å². The number of hydrogen-bond acceptors (Lipinski definition) is 2. The smallest absolute Gasteiger partial charge is 0.0916 e. The van der Waals surface area contributed by atoms with Crippen molar-refractivity contribution in [2.75, 3.05) is 0 Å². The van der Waals surface area contributed by atoms with Gasteiger partial charge in [-0.2, -0.15) is 0 Å². The first kappa shape index (κ1) is 20.3. The molecule has 0 amide bonds. The molecule has 21 heavy (non-hydrogen) atoms. The zero-order valence-electron chi connectivity index (χ0n) is 16.3. The third-order valence-corrected chi connectivity index (χ3v) is 4.27. The molecule has 2 unspecified atom stereocenters. The fraction of sp³-hybridized carbons (Fsp3) is 0.895. The van der Waals surface area contributed by atoms with Crippen molar-refractivity contribution in [3.05, 3.63) is 12.4 Å². The first-order chi connectivity index (χ1) is 9.13. The SMILES string of the molecule is C=C(NC(C)C(C)(C)C)NC(CCC(C)(C)C)C(C)(C)C. The fourth-order valence-electron chi connectivity index (χ4n) is 2.03. The predicted octanol–water partition coefficient (Wildman–Crippen LogP) is 5.31. The first-order valence-corrected chi connectivity index (χ1v) is 8.35. The highest BCUT2D eigenvalue weighted by molar-refractivity contribution is 4.98. The van der Waals surface area contributed by atoms with Crippen LogP contribution in [-0.2, 0) is 0 Å². The molecule has 0 aromatic rings. The Labute approximate surface area is 134 Å². The average Bonchev–Trinajstić information content (AvgIpc) is 2.19. The molecule has 0 bridgehead atoms. The molecule has 0 aliphatic carbocycles. The quantitative estimate of drug-likeness (QED) is 0.694. The molecule has 2 N–H and O–H groups in total. The van der Waals surface area contributed by atoms with Gasteiger partial charge in [-0.3, -0.25) is 0 Å². The third kappa shape index (κ3) is 9.06. The van der Waals surface area contributed by atoms with Crippen LogP contribution in [0, 0.1) is 16.2 Å². The lowest BCUT2D eigenvalue weighted by Gasteiger charge is -2.37. The largest absolute Gasteiger partial charge is 0.369 e. The van der Waals surface area contributed by atoms with E-state index in [0.29, 0.717) is 17.5 Å². The van der Waals surface area contributed by atoms with E-state index in [1.54, 1.807) is 0 Å². The normalized spacial score (nSPS) is 16.3. The Morgan fingerprint density at radius 1 is 0.857 bits per heavy atom. The van der Waals surface area contributed by atoms with Crippen LogP contribution in [0.15, 0.2) is 12.4 Å². The minimum absolute atomic E-state index is 0.223. The van der Waals surface area contributed by atoms with E-state index in [2.05, 4.69) is 86.4 Å². The van der Waals surface area contributed by atoms with Gasteiger partial charge in [0.2, 0.25) is 0 Å². The maximum atomic E-state index is 4.18. The number of nitrogens with one attached hydrogen (secondary N) is 2. The fourth-order valence-corrected chi connectivity index (χ4v) is 2.03. The predicted molar refractivity (Wildman–Crippen MR) is 96.3 cm³/mol. The van der Waals surface area contributed by atoms with Gasteiger partial charge in [-0.15, -0.1) is 0 Å². The van der Waals surface area contributed by atoms with Gasteiger partial charge in [0.15, 0.2) is 0 Å². The van der Waals surface area contributed by atoms with E-state index in [1.165, 1.54) is 6.42 Å². The molecule has 0 aliphatic heterocycles. The van der Waals surface area contributed by atoms with Crippen molar-refractivity contribution >= 4 is 0 Å². The van der Waals surface area contributed by atoms with Crippen molar-refractivity contribution in [3.8, 4) is 0 Å². The molecule has 2 atom stereocenters. The summed E-state index contributed by atoms with van der Waals surface area (Å²) in [6, 6.07) is 0.824. The molecule has 0 fully saturated rings. The molecule has 0 saturated carbocycles. The third-order valence-electron chi connectivity index (χ3n) is 4.27. The second kappa shape index (κ2) is 7.07. The summed E-state index contributed by atoms with van der Waals surface area (Å²) in [5.74, 6) is 0.950. The van der Waals surface area contributed by atoms with Crippen molar-refractivity contribution in [1.82, 2.24) is 10.6 Å². The summed E-state index contributed by atoms with van der Waals surface area (Å²) in [7, 11) is 0. The van der Waals surface area contributed by atoms with Crippen LogP contribution in [0.3, 0.4) is 0 Å². The lowest BCUT2D eigenvalue weighted by molar-refractivity contribution is 0.224. The van der Waals surface area contributed by atoms with Crippen LogP contribution >= 0.6 is 0 Å². The summed E-state index contributed by atoms with van der Waals surface area (Å²) in [6.07, 6.45) is 2.38. The molecule has 0 aromatic heterocycles. The lowest BCUT2D eigenvalue weighted by Crippen LogP contribution is -2.47. The summed E-state index contributed by atoms with van der Waals surface area (Å²) in [6.45, 7) is 27.0. The van der Waals surface area contributed by atoms with Crippen molar-refractivity contribution in [3.63, 3.8) is 0 Å². The van der Waals surface area contributed by atoms with Crippen LogP contribution in [-0.4, -0.2) is 12.1 Å². The molecule has 2 heteroatoms. The van der Waals surface area contributed by atoms with Crippen LogP contribution in [0.2, 0.25) is 0 Å². The van der Waals surface area contributed by atoms with Gasteiger partial charge in [0.25, 0.3) is 0 Å². The molecule has 0 spiro atoms. The number of rotatable bonds is 6. The van der Waals surface area contributed by atoms with E-state index >= 15 is 0 Å². The van der Waals surface area contributed by atoms with Crippen molar-refractivity contribution in [1.29, 1.82) is 0 Å². The van der Waals surface area contributed by atoms with Crippen LogP contribution in [0.5, 0.6) is 0 Å². The zero-order valence-corrected chi connectivity index (χ0v) is 16.3. The van der Waals surface area contributed by atoms with Crippen LogP contribution in [0.1, 0.15) is 82.1 Å². The second-order valence-electron chi connectivity index (χ2n) is 9.87. The van der Waals surface area contributed by atoms with Gasteiger partial charge in [0.1, 0.15) is 0 Å². The number of hydrogen-bond donors (Lipinski definition) is 2. The highest BCUT2D eigenvalue weighted by Crippen LogP contribution is 2.29. The molecule has 0 rings (SSSR count). The molecule has 126 valence electrons. The van der Waals surface area contributed by atoms with E-state index in [1.807, 2.05) is 0 Å². The highest BCUT2D eigenvalue weighted by Gasteiger charge is 2.27. The first-order valence-electron chi connectivity index (χ1n) is 8.35. The van der Waals surface area contributed by atoms with Crippen LogP contribution in [0.4, 0.5) is 0 Å². The minimum Gasteiger partial charge on any atom is -0.369 e. The van der Waals surface area contributed by atoms with Gasteiger partial charge in [0.05, 0.1) is 5.82 Å². The molecule has 2 nitrogen and oxygen atoms in total. The lowest BCUT2D eigenvalue weighted by atomic mass is 9.79. The Hall–Kier alpha value is -0.660. The van der Waals surface area contributed by atoms with Gasteiger partial charge < -0.3 is 10.6 Å². The Kier molecular flexibility index (Phi) is 6.84. The highest BCUT2D eigenvalue weighted by atomic mass is 15.1. The standard InChI is InChI=1S/C19H40N2/c1-14(18(6,7)8)20-15(2)21-16(19(9,10)11)12-13-17(3,4)5/h14,16,20-21H,2,12-13H2,1,3-11H3. The Morgan fingerprint density at radius 3 is 1.67 bits per heavy atom. The Morgan fingerprint density at radius 2 is 1.33 bits per heavy atom.